The number of thiocarbonyl (C=S) groups is 1. The van der Waals surface area contributed by atoms with Gasteiger partial charge in [-0.05, 0) is 19.1 Å². The number of allylic oxidation sites excluding steroid dienone is 4. The summed E-state index contributed by atoms with van der Waals surface area (Å²) in [7, 11) is 1.76. The molecule has 3 nitrogen and oxygen atoms in total. The Balaban J connectivity index is 2.46. The van der Waals surface area contributed by atoms with Crippen LogP contribution in [0.1, 0.15) is 6.92 Å². The van der Waals surface area contributed by atoms with Gasteiger partial charge < -0.3 is 5.32 Å². The van der Waals surface area contributed by atoms with E-state index in [4.69, 9.17) is 12.2 Å². The molecule has 0 radical (unpaired) electrons. The maximum atomic E-state index is 4.88. The molecule has 1 aliphatic carbocycles. The predicted octanol–water partition coefficient (Wildman–Crippen LogP) is 1.20. The minimum absolute atomic E-state index is 0.312. The molecule has 2 N–H and O–H groups in total. The van der Waals surface area contributed by atoms with Crippen molar-refractivity contribution in [2.45, 2.75) is 6.92 Å². The first kappa shape index (κ1) is 9.92. The molecule has 0 fully saturated rings. The van der Waals surface area contributed by atoms with Gasteiger partial charge in [0.1, 0.15) is 0 Å². The molecule has 70 valence electrons. The normalized spacial score (nSPS) is 16.3. The standard InChI is InChI=1S/C9H13N3S/c1-7(8-5-3-4-6-8)11-12-9(13)10-2/h3-6,8H,1-2H3,(H2,10,12,13)/b11-7+. The second-order valence-electron chi connectivity index (χ2n) is 2.74. The largest absolute Gasteiger partial charge is 0.364 e. The monoisotopic (exact) mass is 195 g/mol. The summed E-state index contributed by atoms with van der Waals surface area (Å²) in [6.07, 6.45) is 8.20. The molecular weight excluding hydrogens is 182 g/mol. The summed E-state index contributed by atoms with van der Waals surface area (Å²) < 4.78 is 0. The highest BCUT2D eigenvalue weighted by Gasteiger charge is 2.06. The number of hydrogen-bond donors (Lipinski definition) is 2. The Kier molecular flexibility index (Phi) is 3.64. The van der Waals surface area contributed by atoms with E-state index >= 15 is 0 Å². The van der Waals surface area contributed by atoms with Gasteiger partial charge >= 0.3 is 0 Å². The van der Waals surface area contributed by atoms with E-state index in [0.29, 0.717) is 11.0 Å². The molecule has 0 heterocycles. The van der Waals surface area contributed by atoms with Crippen molar-refractivity contribution in [3.8, 4) is 0 Å². The highest BCUT2D eigenvalue weighted by Crippen LogP contribution is 2.10. The Morgan fingerprint density at radius 2 is 2.00 bits per heavy atom. The van der Waals surface area contributed by atoms with Crippen LogP contribution in [-0.4, -0.2) is 17.9 Å². The fraction of sp³-hybridized carbons (Fsp3) is 0.333. The van der Waals surface area contributed by atoms with Crippen molar-refractivity contribution in [2.24, 2.45) is 11.0 Å². The fourth-order valence-electron chi connectivity index (χ4n) is 0.980. The van der Waals surface area contributed by atoms with Gasteiger partial charge in [-0.15, -0.1) is 0 Å². The Hall–Kier alpha value is -1.16. The molecule has 0 saturated carbocycles. The van der Waals surface area contributed by atoms with Gasteiger partial charge in [-0.25, -0.2) is 0 Å². The molecule has 0 atom stereocenters. The maximum absolute atomic E-state index is 4.88. The molecule has 0 aromatic heterocycles. The van der Waals surface area contributed by atoms with E-state index in [1.165, 1.54) is 0 Å². The average Bonchev–Trinajstić information content (AvgIpc) is 2.66. The molecule has 0 saturated heterocycles. The lowest BCUT2D eigenvalue weighted by molar-refractivity contribution is 0.950. The number of rotatable bonds is 2. The van der Waals surface area contributed by atoms with Gasteiger partial charge in [0.25, 0.3) is 0 Å². The van der Waals surface area contributed by atoms with Crippen LogP contribution < -0.4 is 10.7 Å². The van der Waals surface area contributed by atoms with Crippen LogP contribution in [-0.2, 0) is 0 Å². The van der Waals surface area contributed by atoms with Crippen molar-refractivity contribution < 1.29 is 0 Å². The lowest BCUT2D eigenvalue weighted by atomic mass is 10.1. The highest BCUT2D eigenvalue weighted by atomic mass is 32.1. The number of hydrazone groups is 1. The third kappa shape index (κ3) is 2.99. The van der Waals surface area contributed by atoms with Crippen LogP contribution in [0.4, 0.5) is 0 Å². The molecule has 0 bridgehead atoms. The summed E-state index contributed by atoms with van der Waals surface area (Å²) in [5, 5.41) is 7.46. The second-order valence-corrected chi connectivity index (χ2v) is 3.15. The van der Waals surface area contributed by atoms with Crippen molar-refractivity contribution in [3.63, 3.8) is 0 Å². The predicted molar refractivity (Wildman–Crippen MR) is 59.7 cm³/mol. The molecule has 0 unspecified atom stereocenters. The molecule has 0 amide bonds. The first-order valence-corrected chi connectivity index (χ1v) is 4.51. The minimum Gasteiger partial charge on any atom is -0.364 e. The number of nitrogens with one attached hydrogen (secondary N) is 2. The number of hydrogen-bond acceptors (Lipinski definition) is 2. The number of nitrogens with zero attached hydrogens (tertiary/aromatic N) is 1. The molecule has 0 aliphatic heterocycles. The van der Waals surface area contributed by atoms with Crippen LogP contribution in [0, 0.1) is 5.92 Å². The first-order chi connectivity index (χ1) is 6.24. The van der Waals surface area contributed by atoms with Gasteiger partial charge in [0, 0.05) is 18.7 Å². The summed E-state index contributed by atoms with van der Waals surface area (Å²) in [6.45, 7) is 1.97. The topological polar surface area (TPSA) is 36.4 Å². The lowest BCUT2D eigenvalue weighted by Crippen LogP contribution is -2.29. The Bertz CT molecular complexity index is 267. The van der Waals surface area contributed by atoms with E-state index < -0.39 is 0 Å². The maximum Gasteiger partial charge on any atom is 0.186 e. The smallest absolute Gasteiger partial charge is 0.186 e. The van der Waals surface area contributed by atoms with Gasteiger partial charge in [-0.2, -0.15) is 5.10 Å². The van der Waals surface area contributed by atoms with Crippen LogP contribution in [0.2, 0.25) is 0 Å². The van der Waals surface area contributed by atoms with Crippen molar-refractivity contribution >= 4 is 23.0 Å². The van der Waals surface area contributed by atoms with Gasteiger partial charge in [0.2, 0.25) is 0 Å². The van der Waals surface area contributed by atoms with Gasteiger partial charge in [0.05, 0.1) is 0 Å². The quantitative estimate of drug-likeness (QED) is 0.395. The Morgan fingerprint density at radius 3 is 2.54 bits per heavy atom. The molecule has 13 heavy (non-hydrogen) atoms. The summed E-state index contributed by atoms with van der Waals surface area (Å²) in [4.78, 5) is 0. The zero-order chi connectivity index (χ0) is 9.68. The molecule has 1 rings (SSSR count). The van der Waals surface area contributed by atoms with E-state index in [1.54, 1.807) is 7.05 Å². The summed E-state index contributed by atoms with van der Waals surface area (Å²) in [5.74, 6) is 0.312. The van der Waals surface area contributed by atoms with Crippen LogP contribution >= 0.6 is 12.2 Å². The summed E-state index contributed by atoms with van der Waals surface area (Å²) >= 11 is 4.88. The van der Waals surface area contributed by atoms with Crippen molar-refractivity contribution in [2.75, 3.05) is 7.05 Å². The van der Waals surface area contributed by atoms with Crippen LogP contribution in [0.15, 0.2) is 29.4 Å². The van der Waals surface area contributed by atoms with E-state index in [9.17, 15) is 0 Å². The Labute approximate surface area is 83.6 Å². The van der Waals surface area contributed by atoms with E-state index in [-0.39, 0.29) is 0 Å². The van der Waals surface area contributed by atoms with Gasteiger partial charge in [0.15, 0.2) is 5.11 Å². The Morgan fingerprint density at radius 1 is 1.38 bits per heavy atom. The SMILES string of the molecule is CNC(=S)N/N=C(\C)C1C=CC=C1. The van der Waals surface area contributed by atoms with Gasteiger partial charge in [-0.3, -0.25) is 5.43 Å². The average molecular weight is 195 g/mol. The zero-order valence-corrected chi connectivity index (χ0v) is 8.56. The van der Waals surface area contributed by atoms with Crippen molar-refractivity contribution in [1.29, 1.82) is 0 Å². The fourth-order valence-corrected chi connectivity index (χ4v) is 1.03. The zero-order valence-electron chi connectivity index (χ0n) is 7.74. The molecule has 0 aromatic carbocycles. The first-order valence-electron chi connectivity index (χ1n) is 4.11. The van der Waals surface area contributed by atoms with Crippen LogP contribution in [0.3, 0.4) is 0 Å². The third-order valence-electron chi connectivity index (χ3n) is 1.79. The summed E-state index contributed by atoms with van der Waals surface area (Å²) in [5.41, 5.74) is 3.75. The van der Waals surface area contributed by atoms with Crippen LogP contribution in [0.5, 0.6) is 0 Å². The van der Waals surface area contributed by atoms with Gasteiger partial charge in [-0.1, -0.05) is 24.3 Å². The van der Waals surface area contributed by atoms with E-state index in [2.05, 4.69) is 28.0 Å². The minimum atomic E-state index is 0.312. The van der Waals surface area contributed by atoms with Crippen LogP contribution in [0.25, 0.3) is 0 Å². The third-order valence-corrected chi connectivity index (χ3v) is 2.09. The van der Waals surface area contributed by atoms with Crippen molar-refractivity contribution in [3.05, 3.63) is 24.3 Å². The molecule has 0 spiro atoms. The molecular formula is C9H13N3S. The summed E-state index contributed by atoms with van der Waals surface area (Å²) in [6, 6.07) is 0. The van der Waals surface area contributed by atoms with Crippen molar-refractivity contribution in [1.82, 2.24) is 10.7 Å². The van der Waals surface area contributed by atoms with E-state index in [0.717, 1.165) is 5.71 Å². The van der Waals surface area contributed by atoms with E-state index in [1.807, 2.05) is 19.1 Å². The second kappa shape index (κ2) is 4.77. The molecule has 4 heteroatoms. The molecule has 0 aromatic rings. The molecule has 1 aliphatic rings. The highest BCUT2D eigenvalue weighted by molar-refractivity contribution is 7.80. The lowest BCUT2D eigenvalue weighted by Gasteiger charge is -2.06.